The number of thiocarbonyl (C=S) groups is 1. The zero-order valence-corrected chi connectivity index (χ0v) is 15.4. The lowest BCUT2D eigenvalue weighted by Crippen LogP contribution is -2.45. The van der Waals surface area contributed by atoms with E-state index in [9.17, 15) is 8.42 Å². The van der Waals surface area contributed by atoms with E-state index in [0.717, 1.165) is 18.0 Å². The van der Waals surface area contributed by atoms with Gasteiger partial charge in [-0.15, -0.1) is 0 Å². The Morgan fingerprint density at radius 3 is 2.78 bits per heavy atom. The fraction of sp³-hybridized carbons (Fsp3) is 0.562. The highest BCUT2D eigenvalue weighted by Crippen LogP contribution is 2.22. The van der Waals surface area contributed by atoms with Gasteiger partial charge in [0.25, 0.3) is 0 Å². The SMILES string of the molecule is COc1cccc(NC(=S)N(CC(C)C)[C@@H]2CCS(=O)(=O)C2)c1. The zero-order chi connectivity index (χ0) is 17.0. The minimum Gasteiger partial charge on any atom is -0.497 e. The van der Waals surface area contributed by atoms with Crippen molar-refractivity contribution in [3.05, 3.63) is 24.3 Å². The Labute approximate surface area is 143 Å². The monoisotopic (exact) mass is 356 g/mol. The van der Waals surface area contributed by atoms with Crippen molar-refractivity contribution in [3.63, 3.8) is 0 Å². The fourth-order valence-electron chi connectivity index (χ4n) is 2.71. The molecule has 1 aliphatic rings. The van der Waals surface area contributed by atoms with Crippen molar-refractivity contribution in [2.45, 2.75) is 26.3 Å². The Bertz CT molecular complexity index is 659. The summed E-state index contributed by atoms with van der Waals surface area (Å²) in [6.45, 7) is 4.94. The number of ether oxygens (including phenoxy) is 1. The summed E-state index contributed by atoms with van der Waals surface area (Å²) in [5.41, 5.74) is 0.837. The predicted molar refractivity (Wildman–Crippen MR) is 97.8 cm³/mol. The summed E-state index contributed by atoms with van der Waals surface area (Å²) in [6, 6.07) is 7.48. The second-order valence-electron chi connectivity index (χ2n) is 6.27. The highest BCUT2D eigenvalue weighted by atomic mass is 32.2. The van der Waals surface area contributed by atoms with E-state index in [2.05, 4.69) is 19.2 Å². The average Bonchev–Trinajstić information content (AvgIpc) is 2.84. The van der Waals surface area contributed by atoms with Gasteiger partial charge in [0.15, 0.2) is 14.9 Å². The molecular weight excluding hydrogens is 332 g/mol. The molecule has 1 aromatic rings. The second-order valence-corrected chi connectivity index (χ2v) is 8.88. The summed E-state index contributed by atoms with van der Waals surface area (Å²) in [4.78, 5) is 2.02. The summed E-state index contributed by atoms with van der Waals surface area (Å²) in [6.07, 6.45) is 0.634. The van der Waals surface area contributed by atoms with Gasteiger partial charge >= 0.3 is 0 Å². The molecule has 0 amide bonds. The summed E-state index contributed by atoms with van der Waals surface area (Å²) in [7, 11) is -1.33. The Kier molecular flexibility index (Phi) is 5.86. The number of rotatable bonds is 5. The minimum absolute atomic E-state index is 0.0481. The van der Waals surface area contributed by atoms with Gasteiger partial charge in [-0.05, 0) is 36.7 Å². The number of nitrogens with zero attached hydrogens (tertiary/aromatic N) is 1. The van der Waals surface area contributed by atoms with Crippen molar-refractivity contribution in [2.75, 3.05) is 30.5 Å². The lowest BCUT2D eigenvalue weighted by molar-refractivity contribution is 0.303. The van der Waals surface area contributed by atoms with Crippen molar-refractivity contribution in [1.29, 1.82) is 0 Å². The Morgan fingerprint density at radius 2 is 2.22 bits per heavy atom. The summed E-state index contributed by atoms with van der Waals surface area (Å²) in [5, 5.41) is 3.77. The first-order chi connectivity index (χ1) is 10.8. The molecule has 1 N–H and O–H groups in total. The van der Waals surface area contributed by atoms with Gasteiger partial charge in [-0.3, -0.25) is 0 Å². The molecular formula is C16H24N2O3S2. The number of benzene rings is 1. The molecule has 1 heterocycles. The molecule has 1 fully saturated rings. The number of hydrogen-bond acceptors (Lipinski definition) is 4. The van der Waals surface area contributed by atoms with Crippen LogP contribution in [0.1, 0.15) is 20.3 Å². The molecule has 0 aliphatic carbocycles. The first kappa shape index (κ1) is 18.0. The van der Waals surface area contributed by atoms with Crippen LogP contribution in [0.2, 0.25) is 0 Å². The summed E-state index contributed by atoms with van der Waals surface area (Å²) >= 11 is 5.55. The van der Waals surface area contributed by atoms with Crippen LogP contribution in [0.25, 0.3) is 0 Å². The van der Waals surface area contributed by atoms with Crippen LogP contribution < -0.4 is 10.1 Å². The van der Waals surface area contributed by atoms with E-state index < -0.39 is 9.84 Å². The minimum atomic E-state index is -2.94. The molecule has 0 saturated carbocycles. The first-order valence-electron chi connectivity index (χ1n) is 7.73. The van der Waals surface area contributed by atoms with Gasteiger partial charge in [0.2, 0.25) is 0 Å². The van der Waals surface area contributed by atoms with E-state index in [-0.39, 0.29) is 17.5 Å². The van der Waals surface area contributed by atoms with Gasteiger partial charge < -0.3 is 15.0 Å². The van der Waals surface area contributed by atoms with E-state index in [1.54, 1.807) is 7.11 Å². The summed E-state index contributed by atoms with van der Waals surface area (Å²) < 4.78 is 28.8. The lowest BCUT2D eigenvalue weighted by Gasteiger charge is -2.32. The van der Waals surface area contributed by atoms with Gasteiger partial charge in [0, 0.05) is 24.3 Å². The molecule has 128 valence electrons. The topological polar surface area (TPSA) is 58.6 Å². The highest BCUT2D eigenvalue weighted by Gasteiger charge is 2.33. The van der Waals surface area contributed by atoms with Crippen LogP contribution in [-0.2, 0) is 9.84 Å². The lowest BCUT2D eigenvalue weighted by atomic mass is 10.1. The molecule has 7 heteroatoms. The van der Waals surface area contributed by atoms with Crippen LogP contribution >= 0.6 is 12.2 Å². The van der Waals surface area contributed by atoms with Crippen molar-refractivity contribution in [2.24, 2.45) is 5.92 Å². The third kappa shape index (κ3) is 5.07. The van der Waals surface area contributed by atoms with Gasteiger partial charge in [0.05, 0.1) is 18.6 Å². The average molecular weight is 357 g/mol. The van der Waals surface area contributed by atoms with E-state index in [1.807, 2.05) is 29.2 Å². The van der Waals surface area contributed by atoms with Crippen LogP contribution in [0.3, 0.4) is 0 Å². The van der Waals surface area contributed by atoms with Crippen molar-refractivity contribution in [1.82, 2.24) is 4.90 Å². The van der Waals surface area contributed by atoms with Gasteiger partial charge in [-0.2, -0.15) is 0 Å². The van der Waals surface area contributed by atoms with Crippen molar-refractivity contribution in [3.8, 4) is 5.75 Å². The second kappa shape index (κ2) is 7.49. The van der Waals surface area contributed by atoms with E-state index in [1.165, 1.54) is 0 Å². The Balaban J connectivity index is 2.13. The van der Waals surface area contributed by atoms with Crippen LogP contribution in [0.15, 0.2) is 24.3 Å². The number of nitrogens with one attached hydrogen (secondary N) is 1. The van der Waals surface area contributed by atoms with Crippen LogP contribution in [0.4, 0.5) is 5.69 Å². The molecule has 1 aromatic carbocycles. The standard InChI is InChI=1S/C16H24N2O3S2/c1-12(2)10-18(14-7-8-23(19,20)11-14)16(22)17-13-5-4-6-15(9-13)21-3/h4-6,9,12,14H,7-8,10-11H2,1-3H3,(H,17,22)/t14-/m1/s1. The maximum atomic E-state index is 11.8. The van der Waals surface area contributed by atoms with Crippen LogP contribution in [0.5, 0.6) is 5.75 Å². The molecule has 0 bridgehead atoms. The zero-order valence-electron chi connectivity index (χ0n) is 13.8. The maximum absolute atomic E-state index is 11.8. The molecule has 1 aliphatic heterocycles. The molecule has 1 atom stereocenters. The molecule has 2 rings (SSSR count). The number of hydrogen-bond donors (Lipinski definition) is 1. The van der Waals surface area contributed by atoms with Gasteiger partial charge in [0.1, 0.15) is 5.75 Å². The molecule has 0 aromatic heterocycles. The molecule has 0 unspecified atom stereocenters. The van der Waals surface area contributed by atoms with Crippen LogP contribution in [-0.4, -0.2) is 49.6 Å². The van der Waals surface area contributed by atoms with Crippen molar-refractivity contribution >= 4 is 32.9 Å². The maximum Gasteiger partial charge on any atom is 0.173 e. The molecule has 0 radical (unpaired) electrons. The predicted octanol–water partition coefficient (Wildman–Crippen LogP) is 2.54. The third-order valence-electron chi connectivity index (χ3n) is 3.79. The van der Waals surface area contributed by atoms with E-state index in [0.29, 0.717) is 17.5 Å². The van der Waals surface area contributed by atoms with Gasteiger partial charge in [-0.1, -0.05) is 19.9 Å². The number of anilines is 1. The normalized spacial score (nSPS) is 19.6. The Hall–Kier alpha value is -1.34. The molecule has 5 nitrogen and oxygen atoms in total. The Morgan fingerprint density at radius 1 is 1.48 bits per heavy atom. The number of methoxy groups -OCH3 is 1. The third-order valence-corrected chi connectivity index (χ3v) is 5.88. The smallest absolute Gasteiger partial charge is 0.173 e. The highest BCUT2D eigenvalue weighted by molar-refractivity contribution is 7.91. The van der Waals surface area contributed by atoms with Crippen molar-refractivity contribution < 1.29 is 13.2 Å². The molecule has 0 spiro atoms. The van der Waals surface area contributed by atoms with Crippen LogP contribution in [0, 0.1) is 5.92 Å². The first-order valence-corrected chi connectivity index (χ1v) is 9.96. The largest absolute Gasteiger partial charge is 0.497 e. The molecule has 1 saturated heterocycles. The fourth-order valence-corrected chi connectivity index (χ4v) is 4.78. The van der Waals surface area contributed by atoms with E-state index in [4.69, 9.17) is 17.0 Å². The van der Waals surface area contributed by atoms with E-state index >= 15 is 0 Å². The van der Waals surface area contributed by atoms with Gasteiger partial charge in [-0.25, -0.2) is 8.42 Å². The number of sulfone groups is 1. The molecule has 23 heavy (non-hydrogen) atoms. The summed E-state index contributed by atoms with van der Waals surface area (Å²) in [5.74, 6) is 1.56. The quantitative estimate of drug-likeness (QED) is 0.818.